The number of imidazole rings is 1. The highest BCUT2D eigenvalue weighted by Crippen LogP contribution is 2.49. The minimum absolute atomic E-state index is 0.287. The van der Waals surface area contributed by atoms with Crippen molar-refractivity contribution in [2.24, 2.45) is 0 Å². The van der Waals surface area contributed by atoms with Crippen molar-refractivity contribution in [2.75, 3.05) is 6.54 Å². The maximum absolute atomic E-state index is 15.3. The molecule has 0 amide bonds. The number of hydrogen-bond acceptors (Lipinski definition) is 4. The highest BCUT2D eigenvalue weighted by Gasteiger charge is 2.34. The van der Waals surface area contributed by atoms with Gasteiger partial charge in [0, 0.05) is 20.8 Å². The lowest BCUT2D eigenvalue weighted by Gasteiger charge is -2.29. The van der Waals surface area contributed by atoms with E-state index in [1.54, 1.807) is 17.4 Å². The minimum Gasteiger partial charge on any atom is -0.464 e. The molecule has 1 saturated carbocycles. The predicted molar refractivity (Wildman–Crippen MR) is 145 cm³/mol. The number of benzene rings is 2. The highest BCUT2D eigenvalue weighted by molar-refractivity contribution is 7.12. The first kappa shape index (κ1) is 21.9. The van der Waals surface area contributed by atoms with Crippen molar-refractivity contribution in [3.8, 4) is 28.3 Å². The van der Waals surface area contributed by atoms with Crippen LogP contribution in [0, 0.1) is 5.82 Å². The molecule has 37 heavy (non-hydrogen) atoms. The van der Waals surface area contributed by atoms with Gasteiger partial charge in [-0.3, -0.25) is 4.57 Å². The average molecular weight is 531 g/mol. The fraction of sp³-hybridized carbons (Fsp3) is 0.276. The Bertz CT molecular complexity index is 1680. The van der Waals surface area contributed by atoms with Crippen LogP contribution in [0.3, 0.4) is 0 Å². The van der Waals surface area contributed by atoms with Gasteiger partial charge in [-0.25, -0.2) is 9.37 Å². The third-order valence-corrected chi connectivity index (χ3v) is 9.25. The predicted octanol–water partition coefficient (Wildman–Crippen LogP) is 7.79. The van der Waals surface area contributed by atoms with E-state index in [2.05, 4.69) is 56.3 Å². The molecule has 8 rings (SSSR count). The second-order valence-corrected chi connectivity index (χ2v) is 11.8. The van der Waals surface area contributed by atoms with E-state index in [9.17, 15) is 0 Å². The van der Waals surface area contributed by atoms with Crippen molar-refractivity contribution >= 4 is 33.8 Å². The molecule has 2 atom stereocenters. The number of aromatic nitrogens is 3. The van der Waals surface area contributed by atoms with Crippen molar-refractivity contribution in [1.82, 2.24) is 19.9 Å². The number of rotatable bonds is 4. The van der Waals surface area contributed by atoms with E-state index < -0.39 is 0 Å². The second kappa shape index (κ2) is 8.18. The fourth-order valence-corrected chi connectivity index (χ4v) is 7.16. The molecule has 186 valence electrons. The molecule has 3 aromatic heterocycles. The van der Waals surface area contributed by atoms with Crippen LogP contribution in [0.15, 0.2) is 54.7 Å². The number of hydrogen-bond donors (Lipinski definition) is 2. The van der Waals surface area contributed by atoms with E-state index in [0.29, 0.717) is 22.3 Å². The number of H-pyrrole nitrogens is 1. The molecule has 2 unspecified atom stereocenters. The number of ether oxygens (including phenoxy) is 1. The molecule has 1 saturated heterocycles. The SMILES string of the molecule is Fc1cc(Cl)cc2c1-c1cc3cc(-c4cnc(C5CCCN5)[nH]4)ccc3n1C(c1ccc(C3CC3)s1)O2. The van der Waals surface area contributed by atoms with Gasteiger partial charge in [0.15, 0.2) is 0 Å². The summed E-state index contributed by atoms with van der Waals surface area (Å²) in [7, 11) is 0. The molecule has 0 bridgehead atoms. The minimum atomic E-state index is -0.381. The molecule has 0 radical (unpaired) electrons. The summed E-state index contributed by atoms with van der Waals surface area (Å²) in [6, 6.07) is 16.2. The molecule has 5 nitrogen and oxygen atoms in total. The van der Waals surface area contributed by atoms with Gasteiger partial charge in [0.1, 0.15) is 17.4 Å². The molecule has 2 fully saturated rings. The lowest BCUT2D eigenvalue weighted by atomic mass is 10.1. The van der Waals surface area contributed by atoms with Gasteiger partial charge in [-0.05, 0) is 80.6 Å². The molecular formula is C29H24ClFN4OS. The van der Waals surface area contributed by atoms with Gasteiger partial charge in [0.2, 0.25) is 6.23 Å². The van der Waals surface area contributed by atoms with Crippen LogP contribution in [0.1, 0.15) is 59.4 Å². The van der Waals surface area contributed by atoms with Gasteiger partial charge < -0.3 is 15.0 Å². The Labute approximate surface area is 222 Å². The molecule has 3 aliphatic rings. The van der Waals surface area contributed by atoms with E-state index >= 15 is 4.39 Å². The Balaban J connectivity index is 1.27. The summed E-state index contributed by atoms with van der Waals surface area (Å²) in [4.78, 5) is 10.6. The Kier molecular flexibility index (Phi) is 4.85. The molecule has 2 aliphatic heterocycles. The average Bonchev–Trinajstić information content (AvgIpc) is 3.36. The number of fused-ring (bicyclic) bond motifs is 5. The summed E-state index contributed by atoms with van der Waals surface area (Å²) in [6.45, 7) is 1.03. The zero-order chi connectivity index (χ0) is 24.7. The van der Waals surface area contributed by atoms with E-state index in [1.807, 2.05) is 6.20 Å². The van der Waals surface area contributed by atoms with Gasteiger partial charge in [0.05, 0.1) is 39.6 Å². The quantitative estimate of drug-likeness (QED) is 0.249. The summed E-state index contributed by atoms with van der Waals surface area (Å²) in [6.07, 6.45) is 6.29. The molecule has 5 heterocycles. The fourth-order valence-electron chi connectivity index (χ4n) is 5.77. The first-order valence-electron chi connectivity index (χ1n) is 12.8. The number of nitrogens with one attached hydrogen (secondary N) is 2. The summed E-state index contributed by atoms with van der Waals surface area (Å²) in [5, 5.41) is 4.85. The van der Waals surface area contributed by atoms with Gasteiger partial charge in [-0.15, -0.1) is 11.3 Å². The Hall–Kier alpha value is -3.13. The molecule has 8 heteroatoms. The topological polar surface area (TPSA) is 54.9 Å². The largest absolute Gasteiger partial charge is 0.464 e. The van der Waals surface area contributed by atoms with E-state index in [0.717, 1.165) is 51.5 Å². The van der Waals surface area contributed by atoms with Crippen molar-refractivity contribution in [3.05, 3.63) is 81.1 Å². The molecule has 0 spiro atoms. The van der Waals surface area contributed by atoms with Crippen LogP contribution in [-0.4, -0.2) is 21.1 Å². The Morgan fingerprint density at radius 3 is 2.78 bits per heavy atom. The summed E-state index contributed by atoms with van der Waals surface area (Å²) in [5.74, 6) is 1.75. The number of aromatic amines is 1. The van der Waals surface area contributed by atoms with Crippen LogP contribution < -0.4 is 10.1 Å². The molecule has 2 aromatic carbocycles. The zero-order valence-corrected chi connectivity index (χ0v) is 21.5. The first-order chi connectivity index (χ1) is 18.1. The summed E-state index contributed by atoms with van der Waals surface area (Å²) < 4.78 is 23.9. The number of thiophene rings is 1. The zero-order valence-electron chi connectivity index (χ0n) is 19.9. The Morgan fingerprint density at radius 2 is 1.95 bits per heavy atom. The van der Waals surface area contributed by atoms with Gasteiger partial charge >= 0.3 is 0 Å². The van der Waals surface area contributed by atoms with Crippen LogP contribution in [0.4, 0.5) is 4.39 Å². The molecule has 2 N–H and O–H groups in total. The normalized spacial score (nSPS) is 20.7. The van der Waals surface area contributed by atoms with Crippen LogP contribution in [0.5, 0.6) is 5.75 Å². The monoisotopic (exact) mass is 530 g/mol. The molecule has 5 aromatic rings. The molecular weight excluding hydrogens is 507 g/mol. The second-order valence-electron chi connectivity index (χ2n) is 10.2. The van der Waals surface area contributed by atoms with Crippen molar-refractivity contribution < 1.29 is 9.13 Å². The lowest BCUT2D eigenvalue weighted by Crippen LogP contribution is -2.21. The van der Waals surface area contributed by atoms with Gasteiger partial charge in [0.25, 0.3) is 0 Å². The number of nitrogens with zero attached hydrogens (tertiary/aromatic N) is 2. The van der Waals surface area contributed by atoms with Gasteiger partial charge in [-0.1, -0.05) is 17.7 Å². The van der Waals surface area contributed by atoms with E-state index in [-0.39, 0.29) is 18.1 Å². The maximum atomic E-state index is 15.3. The lowest BCUT2D eigenvalue weighted by molar-refractivity contribution is 0.176. The first-order valence-corrected chi connectivity index (χ1v) is 14.0. The standard InChI is InChI=1S/C29H24ClFN4OS/c30-18-12-19(31)27-23-11-17-10-16(21-14-33-28(34-21)20-2-1-9-32-20)5-6-22(17)35(23)29(36-24(27)13-18)26-8-7-25(37-26)15-3-4-15/h5-8,10-15,20,29,32H,1-4,9H2,(H,33,34). The summed E-state index contributed by atoms with van der Waals surface area (Å²) in [5.41, 5.74) is 4.28. The van der Waals surface area contributed by atoms with Crippen LogP contribution >= 0.6 is 22.9 Å². The smallest absolute Gasteiger partial charge is 0.212 e. The third-order valence-electron chi connectivity index (χ3n) is 7.75. The van der Waals surface area contributed by atoms with Gasteiger partial charge in [-0.2, -0.15) is 0 Å². The van der Waals surface area contributed by atoms with E-state index in [4.69, 9.17) is 16.3 Å². The van der Waals surface area contributed by atoms with Crippen molar-refractivity contribution in [2.45, 2.75) is 43.9 Å². The Morgan fingerprint density at radius 1 is 1.05 bits per heavy atom. The number of halogens is 2. The molecule has 1 aliphatic carbocycles. The van der Waals surface area contributed by atoms with Crippen LogP contribution in [0.25, 0.3) is 33.4 Å². The van der Waals surface area contributed by atoms with Crippen molar-refractivity contribution in [3.63, 3.8) is 0 Å². The highest BCUT2D eigenvalue weighted by atomic mass is 35.5. The van der Waals surface area contributed by atoms with Crippen LogP contribution in [-0.2, 0) is 0 Å². The summed E-state index contributed by atoms with van der Waals surface area (Å²) >= 11 is 8.03. The maximum Gasteiger partial charge on any atom is 0.212 e. The van der Waals surface area contributed by atoms with Crippen molar-refractivity contribution in [1.29, 1.82) is 0 Å². The third kappa shape index (κ3) is 3.55. The van der Waals surface area contributed by atoms with E-state index in [1.165, 1.54) is 30.2 Å². The van der Waals surface area contributed by atoms with Crippen LogP contribution in [0.2, 0.25) is 5.02 Å².